The third kappa shape index (κ3) is 5.22. The summed E-state index contributed by atoms with van der Waals surface area (Å²) in [6.45, 7) is 8.35. The lowest BCUT2D eigenvalue weighted by molar-refractivity contribution is 0.145. The van der Waals surface area contributed by atoms with Crippen LogP contribution >= 0.6 is 0 Å². The quantitative estimate of drug-likeness (QED) is 0.313. The van der Waals surface area contributed by atoms with Crippen molar-refractivity contribution in [3.8, 4) is 5.75 Å². The molecule has 4 rings (SSSR count). The third-order valence-corrected chi connectivity index (χ3v) is 5.82. The van der Waals surface area contributed by atoms with Crippen LogP contribution < -0.4 is 15.4 Å². The minimum atomic E-state index is -0.389. The molecular formula is C28H31N3O3. The first kappa shape index (κ1) is 23.4. The average molecular weight is 458 g/mol. The second kappa shape index (κ2) is 10.00. The van der Waals surface area contributed by atoms with Gasteiger partial charge >= 0.3 is 6.09 Å². The highest BCUT2D eigenvalue weighted by Gasteiger charge is 2.12. The smallest absolute Gasteiger partial charge is 0.407 e. The molecule has 6 nitrogen and oxygen atoms in total. The van der Waals surface area contributed by atoms with Crippen molar-refractivity contribution in [3.05, 3.63) is 71.3 Å². The van der Waals surface area contributed by atoms with Gasteiger partial charge in [-0.1, -0.05) is 12.1 Å². The Morgan fingerprint density at radius 1 is 0.971 bits per heavy atom. The number of benzene rings is 3. The minimum absolute atomic E-state index is 0.0532. The van der Waals surface area contributed by atoms with Crippen molar-refractivity contribution in [2.24, 2.45) is 0 Å². The Labute approximate surface area is 200 Å². The molecule has 0 aliphatic rings. The van der Waals surface area contributed by atoms with Gasteiger partial charge in [-0.15, -0.1) is 0 Å². The number of anilines is 2. The number of nitrogens with zero attached hydrogens (tertiary/aromatic N) is 1. The Bertz CT molecular complexity index is 1350. The molecule has 2 N–H and O–H groups in total. The van der Waals surface area contributed by atoms with Crippen LogP contribution in [-0.4, -0.2) is 30.8 Å². The van der Waals surface area contributed by atoms with Gasteiger partial charge in [0.2, 0.25) is 0 Å². The number of pyridine rings is 1. The molecule has 0 aliphatic carbocycles. The Hall–Kier alpha value is -3.80. The summed E-state index contributed by atoms with van der Waals surface area (Å²) in [4.78, 5) is 16.6. The summed E-state index contributed by atoms with van der Waals surface area (Å²) in [5, 5.41) is 8.47. The van der Waals surface area contributed by atoms with Crippen LogP contribution in [0.2, 0.25) is 0 Å². The lowest BCUT2D eigenvalue weighted by Gasteiger charge is -2.16. The Morgan fingerprint density at radius 2 is 1.74 bits per heavy atom. The molecule has 0 bridgehead atoms. The first-order valence-electron chi connectivity index (χ1n) is 11.5. The Kier molecular flexibility index (Phi) is 6.87. The van der Waals surface area contributed by atoms with Crippen LogP contribution in [0.25, 0.3) is 21.8 Å². The number of amides is 1. The number of ether oxygens (including phenoxy) is 2. The van der Waals surface area contributed by atoms with Gasteiger partial charge in [-0.05, 0) is 80.8 Å². The zero-order valence-corrected chi connectivity index (χ0v) is 20.4. The van der Waals surface area contributed by atoms with E-state index in [1.165, 1.54) is 11.1 Å². The number of nitrogens with one attached hydrogen (secondary N) is 2. The Balaban J connectivity index is 1.66. The van der Waals surface area contributed by atoms with Gasteiger partial charge in [0.05, 0.1) is 30.4 Å². The van der Waals surface area contributed by atoms with Crippen LogP contribution in [0.5, 0.6) is 5.75 Å². The molecule has 176 valence electrons. The largest absolute Gasteiger partial charge is 0.497 e. The summed E-state index contributed by atoms with van der Waals surface area (Å²) in [6.07, 6.45) is 0.245. The lowest BCUT2D eigenvalue weighted by atomic mass is 10.0. The fourth-order valence-electron chi connectivity index (χ4n) is 3.93. The second-order valence-electron chi connectivity index (χ2n) is 8.83. The van der Waals surface area contributed by atoms with Crippen LogP contribution in [0, 0.1) is 13.8 Å². The highest BCUT2D eigenvalue weighted by Crippen LogP contribution is 2.36. The van der Waals surface area contributed by atoms with E-state index in [0.717, 1.165) is 44.5 Å². The zero-order valence-electron chi connectivity index (χ0n) is 20.4. The van der Waals surface area contributed by atoms with Gasteiger partial charge in [0.15, 0.2) is 0 Å². The van der Waals surface area contributed by atoms with E-state index in [0.29, 0.717) is 13.0 Å². The normalized spacial score (nSPS) is 11.1. The van der Waals surface area contributed by atoms with Crippen molar-refractivity contribution in [2.45, 2.75) is 40.2 Å². The fourth-order valence-corrected chi connectivity index (χ4v) is 3.93. The van der Waals surface area contributed by atoms with E-state index in [-0.39, 0.29) is 12.1 Å². The van der Waals surface area contributed by atoms with Crippen LogP contribution in [0.3, 0.4) is 0 Å². The molecule has 0 aliphatic heterocycles. The number of carbonyl (C=O) groups excluding carboxylic acids is 1. The van der Waals surface area contributed by atoms with Gasteiger partial charge in [-0.3, -0.25) is 0 Å². The van der Waals surface area contributed by atoms with E-state index in [2.05, 4.69) is 42.7 Å². The molecule has 3 aromatic carbocycles. The van der Waals surface area contributed by atoms with Crippen molar-refractivity contribution < 1.29 is 14.3 Å². The molecule has 0 fully saturated rings. The zero-order chi connectivity index (χ0) is 24.2. The number of hydrogen-bond donors (Lipinski definition) is 2. The summed E-state index contributed by atoms with van der Waals surface area (Å²) >= 11 is 0. The van der Waals surface area contributed by atoms with Crippen molar-refractivity contribution in [1.29, 1.82) is 0 Å². The van der Waals surface area contributed by atoms with E-state index in [1.807, 2.05) is 50.2 Å². The van der Waals surface area contributed by atoms with Gasteiger partial charge < -0.3 is 20.1 Å². The Morgan fingerprint density at radius 3 is 2.50 bits per heavy atom. The van der Waals surface area contributed by atoms with Gasteiger partial charge in [-0.25, -0.2) is 9.78 Å². The third-order valence-electron chi connectivity index (χ3n) is 5.82. The van der Waals surface area contributed by atoms with Crippen LogP contribution in [0.1, 0.15) is 30.5 Å². The van der Waals surface area contributed by atoms with Crippen LogP contribution in [-0.2, 0) is 11.2 Å². The number of alkyl carbamates (subject to hydrolysis) is 1. The van der Waals surface area contributed by atoms with Crippen molar-refractivity contribution in [2.75, 3.05) is 19.0 Å². The maximum Gasteiger partial charge on any atom is 0.407 e. The molecule has 6 heteroatoms. The molecule has 1 aromatic heterocycles. The molecule has 0 spiro atoms. The minimum Gasteiger partial charge on any atom is -0.497 e. The first-order chi connectivity index (χ1) is 16.3. The summed E-state index contributed by atoms with van der Waals surface area (Å²) in [6, 6.07) is 18.5. The number of fused-ring (bicyclic) bond motifs is 2. The van der Waals surface area contributed by atoms with Crippen molar-refractivity contribution in [3.63, 3.8) is 0 Å². The van der Waals surface area contributed by atoms with E-state index < -0.39 is 0 Å². The van der Waals surface area contributed by atoms with E-state index in [4.69, 9.17) is 14.5 Å². The van der Waals surface area contributed by atoms with Crippen LogP contribution in [0.15, 0.2) is 54.6 Å². The summed E-state index contributed by atoms with van der Waals surface area (Å²) in [5.74, 6) is 0.776. The van der Waals surface area contributed by atoms with Gasteiger partial charge in [0.25, 0.3) is 0 Å². The number of hydrogen-bond acceptors (Lipinski definition) is 5. The molecule has 1 heterocycles. The van der Waals surface area contributed by atoms with Crippen LogP contribution in [0.4, 0.5) is 16.2 Å². The monoisotopic (exact) mass is 457 g/mol. The second-order valence-corrected chi connectivity index (χ2v) is 8.83. The van der Waals surface area contributed by atoms with E-state index in [1.54, 1.807) is 7.11 Å². The van der Waals surface area contributed by atoms with E-state index in [9.17, 15) is 4.79 Å². The standard InChI is InChI=1S/C28H31N3O3/c1-17(2)29-28(32)34-12-11-20-7-6-8-21(15-20)30-27-23-10-9-22(33-5)16-26(23)31-25-14-19(4)18(3)13-24(25)27/h6-10,13-17H,11-12H2,1-5H3,(H,29,32)(H,30,31). The highest BCUT2D eigenvalue weighted by molar-refractivity contribution is 6.09. The predicted molar refractivity (Wildman–Crippen MR) is 138 cm³/mol. The maximum atomic E-state index is 11.7. The van der Waals surface area contributed by atoms with Crippen molar-refractivity contribution >= 4 is 39.3 Å². The summed E-state index contributed by atoms with van der Waals surface area (Å²) in [5.41, 5.74) is 7.29. The fraction of sp³-hybridized carbons (Fsp3) is 0.286. The number of rotatable bonds is 7. The summed E-state index contributed by atoms with van der Waals surface area (Å²) < 4.78 is 10.7. The molecule has 0 radical (unpaired) electrons. The van der Waals surface area contributed by atoms with E-state index >= 15 is 0 Å². The van der Waals surface area contributed by atoms with Crippen molar-refractivity contribution in [1.82, 2.24) is 10.3 Å². The molecule has 34 heavy (non-hydrogen) atoms. The number of aromatic nitrogens is 1. The molecule has 4 aromatic rings. The number of methoxy groups -OCH3 is 1. The maximum absolute atomic E-state index is 11.7. The molecule has 0 unspecified atom stereocenters. The first-order valence-corrected chi connectivity index (χ1v) is 11.5. The lowest BCUT2D eigenvalue weighted by Crippen LogP contribution is -2.31. The van der Waals surface area contributed by atoms with Gasteiger partial charge in [0.1, 0.15) is 5.75 Å². The molecule has 0 saturated carbocycles. The number of carbonyl (C=O) groups is 1. The molecule has 0 saturated heterocycles. The SMILES string of the molecule is COc1ccc2c(Nc3cccc(CCOC(=O)NC(C)C)c3)c3cc(C)c(C)cc3nc2c1. The van der Waals surface area contributed by atoms with Gasteiger partial charge in [-0.2, -0.15) is 0 Å². The van der Waals surface area contributed by atoms with Gasteiger partial charge in [0, 0.05) is 35.0 Å². The highest BCUT2D eigenvalue weighted by atomic mass is 16.5. The number of aryl methyl sites for hydroxylation is 2. The summed E-state index contributed by atoms with van der Waals surface area (Å²) in [7, 11) is 1.66. The predicted octanol–water partition coefficient (Wildman–Crippen LogP) is 6.43. The topological polar surface area (TPSA) is 72.5 Å². The molecular weight excluding hydrogens is 426 g/mol. The molecule has 1 amide bonds. The average Bonchev–Trinajstić information content (AvgIpc) is 2.79. The molecule has 0 atom stereocenters.